The van der Waals surface area contributed by atoms with Crippen molar-refractivity contribution in [2.45, 2.75) is 12.5 Å². The van der Waals surface area contributed by atoms with E-state index in [1.54, 1.807) is 37.4 Å². The molecule has 2 aromatic carbocycles. The Balaban J connectivity index is 1.79. The SMILES string of the molecule is COc1ccc(N[C@H]2CC(=O)N(c3ccccc3F)C2=O)cc1. The van der Waals surface area contributed by atoms with E-state index in [2.05, 4.69) is 5.32 Å². The lowest BCUT2D eigenvalue weighted by Crippen LogP contribution is -2.35. The second kappa shape index (κ2) is 6.08. The number of benzene rings is 2. The summed E-state index contributed by atoms with van der Waals surface area (Å²) in [4.78, 5) is 25.5. The van der Waals surface area contributed by atoms with Crippen LogP contribution in [0.4, 0.5) is 15.8 Å². The molecule has 1 aliphatic heterocycles. The van der Waals surface area contributed by atoms with Crippen LogP contribution in [-0.2, 0) is 9.59 Å². The van der Waals surface area contributed by atoms with E-state index in [0.29, 0.717) is 11.4 Å². The van der Waals surface area contributed by atoms with E-state index < -0.39 is 23.7 Å². The summed E-state index contributed by atoms with van der Waals surface area (Å²) in [5, 5.41) is 3.00. The van der Waals surface area contributed by atoms with Gasteiger partial charge in [0.05, 0.1) is 19.2 Å². The average Bonchev–Trinajstić information content (AvgIpc) is 2.83. The molecule has 5 nitrogen and oxygen atoms in total. The number of carbonyl (C=O) groups is 2. The van der Waals surface area contributed by atoms with Crippen LogP contribution in [0.15, 0.2) is 48.5 Å². The van der Waals surface area contributed by atoms with Crippen molar-refractivity contribution in [3.05, 3.63) is 54.3 Å². The molecule has 2 aromatic rings. The van der Waals surface area contributed by atoms with E-state index in [-0.39, 0.29) is 12.1 Å². The van der Waals surface area contributed by atoms with E-state index >= 15 is 0 Å². The summed E-state index contributed by atoms with van der Waals surface area (Å²) in [7, 11) is 1.56. The fourth-order valence-electron chi connectivity index (χ4n) is 2.52. The van der Waals surface area contributed by atoms with Crippen molar-refractivity contribution < 1.29 is 18.7 Å². The van der Waals surface area contributed by atoms with Gasteiger partial charge < -0.3 is 10.1 Å². The molecule has 2 amide bonds. The molecule has 0 saturated carbocycles. The van der Waals surface area contributed by atoms with Crippen LogP contribution in [0.1, 0.15) is 6.42 Å². The first-order valence-electron chi connectivity index (χ1n) is 7.12. The molecule has 0 spiro atoms. The van der Waals surface area contributed by atoms with Gasteiger partial charge >= 0.3 is 0 Å². The summed E-state index contributed by atoms with van der Waals surface area (Å²) >= 11 is 0. The molecule has 0 aliphatic carbocycles. The van der Waals surface area contributed by atoms with Gasteiger partial charge in [0, 0.05) is 5.69 Å². The summed E-state index contributed by atoms with van der Waals surface area (Å²) in [5.41, 5.74) is 0.675. The van der Waals surface area contributed by atoms with Crippen molar-refractivity contribution in [2.75, 3.05) is 17.3 Å². The molecular formula is C17H15FN2O3. The first kappa shape index (κ1) is 15.0. The number of nitrogens with zero attached hydrogens (tertiary/aromatic N) is 1. The van der Waals surface area contributed by atoms with E-state index in [1.807, 2.05) is 0 Å². The fraction of sp³-hybridized carbons (Fsp3) is 0.176. The topological polar surface area (TPSA) is 58.6 Å². The van der Waals surface area contributed by atoms with Crippen LogP contribution >= 0.6 is 0 Å². The number of para-hydroxylation sites is 1. The molecule has 0 radical (unpaired) electrons. The predicted molar refractivity (Wildman–Crippen MR) is 83.9 cm³/mol. The number of imide groups is 1. The molecule has 1 heterocycles. The van der Waals surface area contributed by atoms with Crippen molar-refractivity contribution in [1.29, 1.82) is 0 Å². The smallest absolute Gasteiger partial charge is 0.256 e. The van der Waals surface area contributed by atoms with Crippen LogP contribution in [0.2, 0.25) is 0 Å². The molecule has 1 aliphatic rings. The third-order valence-electron chi connectivity index (χ3n) is 3.67. The maximum atomic E-state index is 13.8. The Morgan fingerprint density at radius 2 is 1.83 bits per heavy atom. The molecule has 1 N–H and O–H groups in total. The van der Waals surface area contributed by atoms with Crippen LogP contribution in [0.5, 0.6) is 5.75 Å². The lowest BCUT2D eigenvalue weighted by Gasteiger charge is -2.16. The minimum atomic E-state index is -0.712. The number of methoxy groups -OCH3 is 1. The number of nitrogens with one attached hydrogen (secondary N) is 1. The maximum absolute atomic E-state index is 13.8. The summed E-state index contributed by atoms with van der Waals surface area (Å²) in [6.07, 6.45) is -0.0147. The zero-order valence-corrected chi connectivity index (χ0v) is 12.5. The predicted octanol–water partition coefficient (Wildman–Crippen LogP) is 2.58. The second-order valence-electron chi connectivity index (χ2n) is 5.15. The van der Waals surface area contributed by atoms with Crippen LogP contribution in [0.25, 0.3) is 0 Å². The van der Waals surface area contributed by atoms with E-state index in [4.69, 9.17) is 4.74 Å². The van der Waals surface area contributed by atoms with Gasteiger partial charge in [-0.1, -0.05) is 12.1 Å². The minimum absolute atomic E-state index is 0.0125. The fourth-order valence-corrected chi connectivity index (χ4v) is 2.52. The highest BCUT2D eigenvalue weighted by molar-refractivity contribution is 6.23. The number of carbonyl (C=O) groups excluding carboxylic acids is 2. The van der Waals surface area contributed by atoms with Gasteiger partial charge in [-0.2, -0.15) is 0 Å². The summed E-state index contributed by atoms with van der Waals surface area (Å²) in [6, 6.07) is 12.0. The first-order chi connectivity index (χ1) is 11.1. The zero-order chi connectivity index (χ0) is 16.4. The van der Waals surface area contributed by atoms with Crippen molar-refractivity contribution in [3.8, 4) is 5.75 Å². The maximum Gasteiger partial charge on any atom is 0.256 e. The number of amides is 2. The van der Waals surface area contributed by atoms with Gasteiger partial charge in [0.1, 0.15) is 17.6 Å². The molecule has 1 atom stereocenters. The highest BCUT2D eigenvalue weighted by Crippen LogP contribution is 2.27. The standard InChI is InChI=1S/C17H15FN2O3/c1-23-12-8-6-11(7-9-12)19-14-10-16(21)20(17(14)22)15-5-3-2-4-13(15)18/h2-9,14,19H,10H2,1H3/t14-/m0/s1. The third-order valence-corrected chi connectivity index (χ3v) is 3.67. The molecule has 1 saturated heterocycles. The van der Waals surface area contributed by atoms with Crippen molar-refractivity contribution in [2.24, 2.45) is 0 Å². The van der Waals surface area contributed by atoms with Crippen molar-refractivity contribution in [1.82, 2.24) is 0 Å². The Morgan fingerprint density at radius 3 is 2.48 bits per heavy atom. The van der Waals surface area contributed by atoms with E-state index in [0.717, 1.165) is 4.90 Å². The van der Waals surface area contributed by atoms with E-state index in [9.17, 15) is 14.0 Å². The first-order valence-corrected chi connectivity index (χ1v) is 7.12. The monoisotopic (exact) mass is 314 g/mol. The molecule has 23 heavy (non-hydrogen) atoms. The number of hydrogen-bond donors (Lipinski definition) is 1. The Morgan fingerprint density at radius 1 is 1.13 bits per heavy atom. The largest absolute Gasteiger partial charge is 0.497 e. The highest BCUT2D eigenvalue weighted by atomic mass is 19.1. The quantitative estimate of drug-likeness (QED) is 0.881. The Kier molecular flexibility index (Phi) is 3.97. The lowest BCUT2D eigenvalue weighted by atomic mass is 10.2. The van der Waals surface area contributed by atoms with Gasteiger partial charge in [0.25, 0.3) is 5.91 Å². The van der Waals surface area contributed by atoms with Gasteiger partial charge in [-0.3, -0.25) is 9.59 Å². The van der Waals surface area contributed by atoms with Crippen LogP contribution in [-0.4, -0.2) is 25.0 Å². The van der Waals surface area contributed by atoms with Crippen LogP contribution < -0.4 is 15.0 Å². The van der Waals surface area contributed by atoms with Gasteiger partial charge in [-0.05, 0) is 36.4 Å². The second-order valence-corrected chi connectivity index (χ2v) is 5.15. The Hall–Kier alpha value is -2.89. The molecule has 6 heteroatoms. The van der Waals surface area contributed by atoms with Crippen LogP contribution in [0, 0.1) is 5.82 Å². The average molecular weight is 314 g/mol. The van der Waals surface area contributed by atoms with Gasteiger partial charge in [-0.25, -0.2) is 9.29 Å². The summed E-state index contributed by atoms with van der Waals surface area (Å²) in [6.45, 7) is 0. The van der Waals surface area contributed by atoms with E-state index in [1.165, 1.54) is 18.2 Å². The Bertz CT molecular complexity index is 746. The zero-order valence-electron chi connectivity index (χ0n) is 12.5. The molecule has 0 aromatic heterocycles. The molecule has 1 fully saturated rings. The summed E-state index contributed by atoms with van der Waals surface area (Å²) < 4.78 is 18.9. The Labute approximate surface area is 132 Å². The molecular weight excluding hydrogens is 299 g/mol. The minimum Gasteiger partial charge on any atom is -0.497 e. The molecule has 0 unspecified atom stereocenters. The summed E-state index contributed by atoms with van der Waals surface area (Å²) in [5.74, 6) is -0.793. The highest BCUT2D eigenvalue weighted by Gasteiger charge is 2.40. The van der Waals surface area contributed by atoms with Crippen LogP contribution in [0.3, 0.4) is 0 Å². The molecule has 118 valence electrons. The number of halogens is 1. The van der Waals surface area contributed by atoms with Gasteiger partial charge in [0.2, 0.25) is 5.91 Å². The third kappa shape index (κ3) is 2.88. The van der Waals surface area contributed by atoms with Gasteiger partial charge in [0.15, 0.2) is 0 Å². The van der Waals surface area contributed by atoms with Gasteiger partial charge in [-0.15, -0.1) is 0 Å². The lowest BCUT2D eigenvalue weighted by molar-refractivity contribution is -0.121. The normalized spacial score (nSPS) is 17.5. The van der Waals surface area contributed by atoms with Crippen molar-refractivity contribution in [3.63, 3.8) is 0 Å². The molecule has 0 bridgehead atoms. The number of hydrogen-bond acceptors (Lipinski definition) is 4. The number of ether oxygens (including phenoxy) is 1. The molecule has 3 rings (SSSR count). The number of rotatable bonds is 4. The number of anilines is 2. The van der Waals surface area contributed by atoms with Crippen molar-refractivity contribution >= 4 is 23.2 Å².